The van der Waals surface area contributed by atoms with Crippen molar-refractivity contribution < 1.29 is 13.9 Å². The predicted octanol–water partition coefficient (Wildman–Crippen LogP) is 3.21. The van der Waals surface area contributed by atoms with Gasteiger partial charge in [0.05, 0.1) is 18.2 Å². The van der Waals surface area contributed by atoms with Crippen molar-refractivity contribution in [3.8, 4) is 0 Å². The maximum Gasteiger partial charge on any atom is 0.268 e. The van der Waals surface area contributed by atoms with Crippen LogP contribution in [0.2, 0.25) is 5.28 Å². The zero-order valence-corrected chi connectivity index (χ0v) is 11.1. The van der Waals surface area contributed by atoms with Gasteiger partial charge in [-0.2, -0.15) is 0 Å². The van der Waals surface area contributed by atoms with Gasteiger partial charge in [0, 0.05) is 6.20 Å². The third-order valence-electron chi connectivity index (χ3n) is 2.72. The number of nitrogens with zero attached hydrogens (tertiary/aromatic N) is 2. The van der Waals surface area contributed by atoms with Gasteiger partial charge in [-0.25, -0.2) is 18.7 Å². The van der Waals surface area contributed by atoms with Gasteiger partial charge in [-0.1, -0.05) is 30.3 Å². The van der Waals surface area contributed by atoms with Crippen LogP contribution in [0, 0.1) is 0 Å². The zero-order valence-electron chi connectivity index (χ0n) is 10.3. The van der Waals surface area contributed by atoms with Gasteiger partial charge in [-0.3, -0.25) is 0 Å². The summed E-state index contributed by atoms with van der Waals surface area (Å²) in [6.07, 6.45) is -1.76. The lowest BCUT2D eigenvalue weighted by Crippen LogP contribution is -2.17. The quantitative estimate of drug-likeness (QED) is 0.832. The van der Waals surface area contributed by atoms with Crippen LogP contribution in [0.25, 0.3) is 0 Å². The summed E-state index contributed by atoms with van der Waals surface area (Å²) < 4.78 is 25.8. The van der Waals surface area contributed by atoms with Crippen molar-refractivity contribution in [1.82, 2.24) is 9.97 Å². The Morgan fingerprint density at radius 1 is 1.25 bits per heavy atom. The number of aliphatic hydroxyl groups is 1. The maximum absolute atomic E-state index is 12.9. The SMILES string of the molecule is OC[C@@H](Nc1nc(Cl)ncc1C(F)F)c1ccccc1. The molecule has 0 radical (unpaired) electrons. The first-order valence-corrected chi connectivity index (χ1v) is 6.22. The van der Waals surface area contributed by atoms with Gasteiger partial charge >= 0.3 is 0 Å². The van der Waals surface area contributed by atoms with Crippen LogP contribution in [-0.2, 0) is 0 Å². The number of anilines is 1. The molecule has 0 bridgehead atoms. The predicted molar refractivity (Wildman–Crippen MR) is 71.9 cm³/mol. The summed E-state index contributed by atoms with van der Waals surface area (Å²) in [7, 11) is 0. The number of nitrogens with one attached hydrogen (secondary N) is 1. The molecule has 0 fully saturated rings. The van der Waals surface area contributed by atoms with Gasteiger partial charge in [0.15, 0.2) is 0 Å². The molecule has 2 aromatic rings. The highest BCUT2D eigenvalue weighted by Crippen LogP contribution is 2.28. The Balaban J connectivity index is 2.30. The number of benzene rings is 1. The molecule has 20 heavy (non-hydrogen) atoms. The van der Waals surface area contributed by atoms with Crippen LogP contribution >= 0.6 is 11.6 Å². The summed E-state index contributed by atoms with van der Waals surface area (Å²) in [5.74, 6) is -0.0806. The molecule has 0 unspecified atom stereocenters. The Labute approximate surface area is 119 Å². The first kappa shape index (κ1) is 14.6. The lowest BCUT2D eigenvalue weighted by atomic mass is 10.1. The lowest BCUT2D eigenvalue weighted by molar-refractivity contribution is 0.151. The molecule has 1 atom stereocenters. The topological polar surface area (TPSA) is 58.0 Å². The normalized spacial score (nSPS) is 12.4. The van der Waals surface area contributed by atoms with Crippen LogP contribution in [0.3, 0.4) is 0 Å². The summed E-state index contributed by atoms with van der Waals surface area (Å²) in [4.78, 5) is 7.30. The third-order valence-corrected chi connectivity index (χ3v) is 2.90. The molecule has 0 aliphatic carbocycles. The minimum atomic E-state index is -2.73. The Kier molecular flexibility index (Phi) is 4.81. The van der Waals surface area contributed by atoms with E-state index in [-0.39, 0.29) is 23.3 Å². The van der Waals surface area contributed by atoms with E-state index in [0.717, 1.165) is 11.8 Å². The summed E-state index contributed by atoms with van der Waals surface area (Å²) in [5, 5.41) is 12.0. The molecule has 4 nitrogen and oxygen atoms in total. The highest BCUT2D eigenvalue weighted by atomic mass is 35.5. The molecular formula is C13H12ClF2N3O. The number of halogens is 3. The first-order valence-electron chi connectivity index (χ1n) is 5.84. The number of hydrogen-bond donors (Lipinski definition) is 2. The molecule has 0 spiro atoms. The molecule has 0 aliphatic rings. The fourth-order valence-corrected chi connectivity index (χ4v) is 1.86. The second kappa shape index (κ2) is 6.58. The highest BCUT2D eigenvalue weighted by molar-refractivity contribution is 6.28. The van der Waals surface area contributed by atoms with Gasteiger partial charge in [-0.15, -0.1) is 0 Å². The smallest absolute Gasteiger partial charge is 0.268 e. The molecular weight excluding hydrogens is 288 g/mol. The molecule has 2 rings (SSSR count). The standard InChI is InChI=1S/C13H12ClF2N3O/c14-13-17-6-9(11(15)16)12(19-13)18-10(7-20)8-4-2-1-3-5-8/h1-6,10-11,20H,7H2,(H,17,18,19)/t10-/m1/s1. The molecule has 1 heterocycles. The van der Waals surface area contributed by atoms with Crippen molar-refractivity contribution in [2.45, 2.75) is 12.5 Å². The first-order chi connectivity index (χ1) is 9.61. The van der Waals surface area contributed by atoms with Gasteiger partial charge in [0.25, 0.3) is 6.43 Å². The average Bonchev–Trinajstić information content (AvgIpc) is 2.45. The van der Waals surface area contributed by atoms with Crippen LogP contribution in [0.4, 0.5) is 14.6 Å². The van der Waals surface area contributed by atoms with Crippen LogP contribution in [0.5, 0.6) is 0 Å². The molecule has 0 saturated carbocycles. The van der Waals surface area contributed by atoms with Crippen molar-refractivity contribution >= 4 is 17.4 Å². The van der Waals surface area contributed by atoms with E-state index in [9.17, 15) is 13.9 Å². The number of aliphatic hydroxyl groups excluding tert-OH is 1. The van der Waals surface area contributed by atoms with Gasteiger partial charge in [-0.05, 0) is 17.2 Å². The van der Waals surface area contributed by atoms with E-state index in [0.29, 0.717) is 0 Å². The van der Waals surface area contributed by atoms with Gasteiger partial charge < -0.3 is 10.4 Å². The van der Waals surface area contributed by atoms with Crippen molar-refractivity contribution in [2.75, 3.05) is 11.9 Å². The summed E-state index contributed by atoms with van der Waals surface area (Å²) in [6.45, 7) is -0.270. The second-order valence-electron chi connectivity index (χ2n) is 4.03. The van der Waals surface area contributed by atoms with E-state index in [4.69, 9.17) is 11.6 Å². The molecule has 106 valence electrons. The number of hydrogen-bond acceptors (Lipinski definition) is 4. The van der Waals surface area contributed by atoms with E-state index in [2.05, 4.69) is 15.3 Å². The Morgan fingerprint density at radius 3 is 2.55 bits per heavy atom. The van der Waals surface area contributed by atoms with E-state index in [1.165, 1.54) is 0 Å². The zero-order chi connectivity index (χ0) is 14.5. The Hall–Kier alpha value is -1.79. The molecule has 1 aromatic carbocycles. The molecule has 7 heteroatoms. The maximum atomic E-state index is 12.9. The summed E-state index contributed by atoms with van der Waals surface area (Å²) >= 11 is 5.62. The van der Waals surface area contributed by atoms with E-state index in [1.807, 2.05) is 6.07 Å². The van der Waals surface area contributed by atoms with Crippen molar-refractivity contribution in [1.29, 1.82) is 0 Å². The molecule has 2 N–H and O–H groups in total. The fourth-order valence-electron chi connectivity index (χ4n) is 1.73. The minimum Gasteiger partial charge on any atom is -0.394 e. The monoisotopic (exact) mass is 299 g/mol. The van der Waals surface area contributed by atoms with Crippen LogP contribution < -0.4 is 5.32 Å². The lowest BCUT2D eigenvalue weighted by Gasteiger charge is -2.19. The van der Waals surface area contributed by atoms with E-state index >= 15 is 0 Å². The largest absolute Gasteiger partial charge is 0.394 e. The van der Waals surface area contributed by atoms with Crippen molar-refractivity contribution in [3.05, 3.63) is 52.9 Å². The molecule has 1 aromatic heterocycles. The Bertz CT molecular complexity index is 569. The molecule has 0 aliphatic heterocycles. The minimum absolute atomic E-state index is 0.0806. The average molecular weight is 300 g/mol. The molecule has 0 saturated heterocycles. The Morgan fingerprint density at radius 2 is 1.95 bits per heavy atom. The van der Waals surface area contributed by atoms with E-state index < -0.39 is 12.5 Å². The third kappa shape index (κ3) is 3.40. The van der Waals surface area contributed by atoms with Crippen LogP contribution in [-0.4, -0.2) is 21.7 Å². The van der Waals surface area contributed by atoms with Crippen molar-refractivity contribution in [2.24, 2.45) is 0 Å². The highest BCUT2D eigenvalue weighted by Gasteiger charge is 2.19. The summed E-state index contributed by atoms with van der Waals surface area (Å²) in [5.41, 5.74) is 0.397. The second-order valence-corrected chi connectivity index (χ2v) is 4.37. The van der Waals surface area contributed by atoms with E-state index in [1.54, 1.807) is 24.3 Å². The number of alkyl halides is 2. The number of aromatic nitrogens is 2. The molecule has 0 amide bonds. The van der Waals surface area contributed by atoms with Crippen LogP contribution in [0.15, 0.2) is 36.5 Å². The van der Waals surface area contributed by atoms with Crippen molar-refractivity contribution in [3.63, 3.8) is 0 Å². The van der Waals surface area contributed by atoms with Gasteiger partial charge in [0.1, 0.15) is 5.82 Å². The van der Waals surface area contributed by atoms with Gasteiger partial charge in [0.2, 0.25) is 5.28 Å². The fraction of sp³-hybridized carbons (Fsp3) is 0.231. The number of rotatable bonds is 5. The van der Waals surface area contributed by atoms with Crippen LogP contribution in [0.1, 0.15) is 23.6 Å². The summed E-state index contributed by atoms with van der Waals surface area (Å²) in [6, 6.07) is 8.41.